The van der Waals surface area contributed by atoms with E-state index >= 15 is 0 Å². The van der Waals surface area contributed by atoms with Gasteiger partial charge in [0, 0.05) is 4.47 Å². The number of hydrogen-bond donors (Lipinski definition) is 2. The number of aryl methyl sites for hydroxylation is 2. The molecule has 0 saturated heterocycles. The average molecular weight is 303 g/mol. The van der Waals surface area contributed by atoms with Crippen molar-refractivity contribution in [2.24, 2.45) is 0 Å². The molecule has 5 heteroatoms. The molecule has 0 heterocycles. The van der Waals surface area contributed by atoms with Gasteiger partial charge in [-0.2, -0.15) is 0 Å². The highest BCUT2D eigenvalue weighted by atomic mass is 79.9. The zero-order valence-electron chi connectivity index (χ0n) is 9.95. The van der Waals surface area contributed by atoms with Crippen LogP contribution in [0.3, 0.4) is 0 Å². The molecule has 94 valence electrons. The van der Waals surface area contributed by atoms with Gasteiger partial charge in [-0.05, 0) is 44.0 Å². The Hall–Kier alpha value is -1.07. The number of benzene rings is 1. The van der Waals surface area contributed by atoms with Gasteiger partial charge in [-0.1, -0.05) is 15.9 Å². The first-order valence-corrected chi connectivity index (χ1v) is 5.88. The minimum atomic E-state index is -1.88. The minimum absolute atomic E-state index is 0.289. The zero-order chi connectivity index (χ0) is 13.2. The largest absolute Gasteiger partial charge is 0.490 e. The molecule has 0 saturated carbocycles. The smallest absolute Gasteiger partial charge is 0.339 e. The molecule has 0 spiro atoms. The third kappa shape index (κ3) is 3.44. The topological polar surface area (TPSA) is 66.8 Å². The summed E-state index contributed by atoms with van der Waals surface area (Å²) in [5.74, 6) is -0.757. The van der Waals surface area contributed by atoms with Crippen molar-refractivity contribution in [3.63, 3.8) is 0 Å². The quantitative estimate of drug-likeness (QED) is 0.895. The van der Waals surface area contributed by atoms with Crippen LogP contribution in [-0.4, -0.2) is 28.4 Å². The monoisotopic (exact) mass is 302 g/mol. The second-order valence-corrected chi connectivity index (χ2v) is 5.03. The fourth-order valence-corrected chi connectivity index (χ4v) is 1.50. The van der Waals surface area contributed by atoms with Crippen molar-refractivity contribution in [1.29, 1.82) is 0 Å². The predicted molar refractivity (Wildman–Crippen MR) is 67.4 cm³/mol. The van der Waals surface area contributed by atoms with Gasteiger partial charge in [-0.15, -0.1) is 0 Å². The second-order valence-electron chi connectivity index (χ2n) is 4.24. The van der Waals surface area contributed by atoms with E-state index in [0.29, 0.717) is 5.75 Å². The lowest BCUT2D eigenvalue weighted by atomic mass is 10.1. The van der Waals surface area contributed by atoms with Crippen LogP contribution in [0.4, 0.5) is 0 Å². The lowest BCUT2D eigenvalue weighted by Crippen LogP contribution is -2.41. The van der Waals surface area contributed by atoms with Crippen LogP contribution in [0.5, 0.6) is 5.75 Å². The Morgan fingerprint density at radius 2 is 1.88 bits per heavy atom. The summed E-state index contributed by atoms with van der Waals surface area (Å²) in [7, 11) is 0. The van der Waals surface area contributed by atoms with E-state index in [0.717, 1.165) is 15.6 Å². The highest BCUT2D eigenvalue weighted by molar-refractivity contribution is 9.10. The Balaban J connectivity index is 2.81. The van der Waals surface area contributed by atoms with E-state index in [1.807, 2.05) is 13.8 Å². The number of halogens is 1. The number of aliphatic hydroxyl groups is 1. The van der Waals surface area contributed by atoms with E-state index < -0.39 is 11.6 Å². The maximum atomic E-state index is 10.7. The fourth-order valence-electron chi connectivity index (χ4n) is 1.28. The number of carboxylic acid groups (broad SMARTS) is 1. The van der Waals surface area contributed by atoms with Crippen LogP contribution in [0.2, 0.25) is 0 Å². The lowest BCUT2D eigenvalue weighted by molar-refractivity contribution is -0.159. The maximum absolute atomic E-state index is 10.7. The van der Waals surface area contributed by atoms with Crippen molar-refractivity contribution in [2.75, 3.05) is 6.61 Å². The van der Waals surface area contributed by atoms with Crippen LogP contribution in [0.15, 0.2) is 16.6 Å². The van der Waals surface area contributed by atoms with Gasteiger partial charge in [0.2, 0.25) is 0 Å². The van der Waals surface area contributed by atoms with Crippen LogP contribution in [-0.2, 0) is 4.79 Å². The molecule has 17 heavy (non-hydrogen) atoms. The van der Waals surface area contributed by atoms with Gasteiger partial charge >= 0.3 is 5.97 Å². The summed E-state index contributed by atoms with van der Waals surface area (Å²) in [6, 6.07) is 3.57. The number of rotatable bonds is 4. The summed E-state index contributed by atoms with van der Waals surface area (Å²) >= 11 is 3.43. The third-order valence-electron chi connectivity index (χ3n) is 2.39. The normalized spacial score (nSPS) is 14.2. The van der Waals surface area contributed by atoms with Gasteiger partial charge < -0.3 is 14.9 Å². The molecule has 0 fully saturated rings. The Labute approximate surface area is 108 Å². The maximum Gasteiger partial charge on any atom is 0.339 e. The first-order valence-electron chi connectivity index (χ1n) is 5.09. The standard InChI is InChI=1S/C12H15BrO4/c1-7-4-9(5-8(2)10(7)13)17-6-12(3,16)11(14)15/h4-5,16H,6H2,1-3H3,(H,14,15). The summed E-state index contributed by atoms with van der Waals surface area (Å²) in [6.07, 6.45) is 0. The highest BCUT2D eigenvalue weighted by Crippen LogP contribution is 2.26. The van der Waals surface area contributed by atoms with Gasteiger partial charge in [0.15, 0.2) is 5.60 Å². The van der Waals surface area contributed by atoms with E-state index in [1.54, 1.807) is 12.1 Å². The number of hydrogen-bond acceptors (Lipinski definition) is 3. The lowest BCUT2D eigenvalue weighted by Gasteiger charge is -2.19. The van der Waals surface area contributed by atoms with Gasteiger partial charge in [0.25, 0.3) is 0 Å². The van der Waals surface area contributed by atoms with Crippen LogP contribution >= 0.6 is 15.9 Å². The summed E-state index contributed by atoms with van der Waals surface area (Å²) < 4.78 is 6.29. The molecule has 2 N–H and O–H groups in total. The fraction of sp³-hybridized carbons (Fsp3) is 0.417. The van der Waals surface area contributed by atoms with Gasteiger partial charge in [0.05, 0.1) is 0 Å². The van der Waals surface area contributed by atoms with Crippen LogP contribution < -0.4 is 4.74 Å². The molecule has 0 aliphatic heterocycles. The molecule has 0 bridgehead atoms. The average Bonchev–Trinajstić information content (AvgIpc) is 2.22. The van der Waals surface area contributed by atoms with Gasteiger partial charge in [-0.3, -0.25) is 0 Å². The van der Waals surface area contributed by atoms with Gasteiger partial charge in [-0.25, -0.2) is 4.79 Å². The molecule has 0 aliphatic carbocycles. The van der Waals surface area contributed by atoms with Gasteiger partial charge in [0.1, 0.15) is 12.4 Å². The Bertz CT molecular complexity index is 417. The summed E-state index contributed by atoms with van der Waals surface area (Å²) in [4.78, 5) is 10.7. The molecule has 1 unspecified atom stereocenters. The molecular formula is C12H15BrO4. The number of ether oxygens (including phenoxy) is 1. The summed E-state index contributed by atoms with van der Waals surface area (Å²) in [6.45, 7) is 4.75. The second kappa shape index (κ2) is 5.06. The van der Waals surface area contributed by atoms with E-state index in [9.17, 15) is 9.90 Å². The third-order valence-corrected chi connectivity index (χ3v) is 3.64. The predicted octanol–water partition coefficient (Wildman–Crippen LogP) is 2.28. The number of aliphatic carboxylic acids is 1. The summed E-state index contributed by atoms with van der Waals surface area (Å²) in [5, 5.41) is 18.2. The molecule has 4 nitrogen and oxygen atoms in total. The number of carboxylic acids is 1. The van der Waals surface area contributed by atoms with Crippen molar-refractivity contribution in [1.82, 2.24) is 0 Å². The van der Waals surface area contributed by atoms with Crippen LogP contribution in [0, 0.1) is 13.8 Å². The van der Waals surface area contributed by atoms with E-state index in [2.05, 4.69) is 15.9 Å². The summed E-state index contributed by atoms with van der Waals surface area (Å²) in [5.41, 5.74) is 0.111. The number of carbonyl (C=O) groups is 1. The molecule has 1 aromatic rings. The zero-order valence-corrected chi connectivity index (χ0v) is 11.5. The van der Waals surface area contributed by atoms with Crippen LogP contribution in [0.25, 0.3) is 0 Å². The van der Waals surface area contributed by atoms with Crippen molar-refractivity contribution < 1.29 is 19.7 Å². The SMILES string of the molecule is Cc1cc(OCC(C)(O)C(=O)O)cc(C)c1Br. The molecule has 0 aromatic heterocycles. The minimum Gasteiger partial charge on any atom is -0.490 e. The van der Waals surface area contributed by atoms with E-state index in [4.69, 9.17) is 9.84 Å². The van der Waals surface area contributed by atoms with Crippen molar-refractivity contribution in [3.05, 3.63) is 27.7 Å². The molecule has 0 amide bonds. The Kier molecular flexibility index (Phi) is 4.16. The van der Waals surface area contributed by atoms with Crippen molar-refractivity contribution >= 4 is 21.9 Å². The molecule has 0 aliphatic rings. The van der Waals surface area contributed by atoms with Crippen LogP contribution in [0.1, 0.15) is 18.1 Å². The van der Waals surface area contributed by atoms with Crippen molar-refractivity contribution in [3.8, 4) is 5.75 Å². The van der Waals surface area contributed by atoms with Crippen molar-refractivity contribution in [2.45, 2.75) is 26.4 Å². The highest BCUT2D eigenvalue weighted by Gasteiger charge is 2.30. The molecule has 1 atom stereocenters. The Morgan fingerprint density at radius 3 is 2.29 bits per heavy atom. The van der Waals surface area contributed by atoms with E-state index in [-0.39, 0.29) is 6.61 Å². The molecule has 1 rings (SSSR count). The van der Waals surface area contributed by atoms with E-state index in [1.165, 1.54) is 6.92 Å². The first-order chi connectivity index (χ1) is 7.74. The molecule has 1 aromatic carbocycles. The molecular weight excluding hydrogens is 288 g/mol. The Morgan fingerprint density at radius 1 is 1.41 bits per heavy atom. The first kappa shape index (κ1) is 14.0. The molecule has 0 radical (unpaired) electrons.